The zero-order valence-electron chi connectivity index (χ0n) is 15.1. The average Bonchev–Trinajstić information content (AvgIpc) is 2.86. The molecule has 1 atom stereocenters. The van der Waals surface area contributed by atoms with Crippen LogP contribution in [-0.2, 0) is 25.9 Å². The number of rotatable bonds is 4. The van der Waals surface area contributed by atoms with Gasteiger partial charge in [0.2, 0.25) is 0 Å². The molecule has 2 aromatic carbocycles. The van der Waals surface area contributed by atoms with Gasteiger partial charge in [-0.1, -0.05) is 46.1 Å². The highest BCUT2D eigenvalue weighted by molar-refractivity contribution is 7.95. The number of benzene rings is 2. The summed E-state index contributed by atoms with van der Waals surface area (Å²) in [5.41, 5.74) is 1.06. The molecular formula is C20H23ClN2O3S. The second kappa shape index (κ2) is 7.62. The molecule has 0 aromatic heterocycles. The van der Waals surface area contributed by atoms with E-state index in [4.69, 9.17) is 16.3 Å². The predicted octanol–water partition coefficient (Wildman–Crippen LogP) is 3.08. The summed E-state index contributed by atoms with van der Waals surface area (Å²) in [5, 5.41) is 0.732. The third kappa shape index (κ3) is 4.11. The number of ether oxygens (including phenoxy) is 1. The Bertz CT molecular complexity index is 825. The van der Waals surface area contributed by atoms with E-state index >= 15 is 0 Å². The molecule has 0 aliphatic carbocycles. The van der Waals surface area contributed by atoms with E-state index in [0.29, 0.717) is 31.2 Å². The molecule has 144 valence electrons. The van der Waals surface area contributed by atoms with Crippen molar-refractivity contribution in [2.75, 3.05) is 39.4 Å². The molecule has 2 aliphatic heterocycles. The molecule has 7 heteroatoms. The minimum absolute atomic E-state index is 0.134. The van der Waals surface area contributed by atoms with Crippen molar-refractivity contribution < 1.29 is 13.5 Å². The third-order valence-corrected chi connectivity index (χ3v) is 7.30. The van der Waals surface area contributed by atoms with Gasteiger partial charge >= 0.3 is 0 Å². The molecule has 0 radical (unpaired) electrons. The molecule has 0 amide bonds. The number of hydrogen-bond acceptors (Lipinski definition) is 4. The van der Waals surface area contributed by atoms with Crippen LogP contribution in [0.1, 0.15) is 5.56 Å². The van der Waals surface area contributed by atoms with Crippen LogP contribution in [0.25, 0.3) is 0 Å². The summed E-state index contributed by atoms with van der Waals surface area (Å²) in [6, 6.07) is 16.5. The normalized spacial score (nSPS) is 22.7. The summed E-state index contributed by atoms with van der Waals surface area (Å²) >= 11 is 5.97. The van der Waals surface area contributed by atoms with Gasteiger partial charge in [-0.05, 0) is 29.8 Å². The van der Waals surface area contributed by atoms with Crippen LogP contribution in [0.2, 0.25) is 5.02 Å². The highest BCUT2D eigenvalue weighted by Gasteiger charge is 2.53. The Hall–Kier alpha value is -1.28. The second-order valence-corrected chi connectivity index (χ2v) is 9.85. The van der Waals surface area contributed by atoms with Crippen molar-refractivity contribution in [3.63, 3.8) is 0 Å². The summed E-state index contributed by atoms with van der Waals surface area (Å²) in [6.07, 6.45) is 0. The number of halogens is 1. The van der Waals surface area contributed by atoms with Gasteiger partial charge in [0.25, 0.3) is 0 Å². The summed E-state index contributed by atoms with van der Waals surface area (Å²) < 4.78 is 33.0. The van der Waals surface area contributed by atoms with Crippen LogP contribution in [0.5, 0.6) is 0 Å². The Morgan fingerprint density at radius 3 is 2.48 bits per heavy atom. The molecule has 4 rings (SSSR count). The minimum Gasteiger partial charge on any atom is -0.593 e. The van der Waals surface area contributed by atoms with E-state index in [9.17, 15) is 8.76 Å². The quantitative estimate of drug-likeness (QED) is 0.732. The number of nitrogens with zero attached hydrogens (tertiary/aromatic N) is 2. The maximum atomic E-state index is 12.8. The van der Waals surface area contributed by atoms with Crippen LogP contribution in [0, 0.1) is 5.41 Å². The molecular weight excluding hydrogens is 384 g/mol. The van der Waals surface area contributed by atoms with E-state index in [0.717, 1.165) is 24.7 Å². The fourth-order valence-corrected chi connectivity index (χ4v) is 5.68. The highest BCUT2D eigenvalue weighted by atomic mass is 35.5. The van der Waals surface area contributed by atoms with Gasteiger partial charge < -0.3 is 9.29 Å². The van der Waals surface area contributed by atoms with Gasteiger partial charge in [-0.25, -0.2) is 0 Å². The predicted molar refractivity (Wildman–Crippen MR) is 105 cm³/mol. The first-order valence-electron chi connectivity index (χ1n) is 9.07. The lowest BCUT2D eigenvalue weighted by atomic mass is 9.82. The summed E-state index contributed by atoms with van der Waals surface area (Å²) in [5.74, 6) is 0. The van der Waals surface area contributed by atoms with Crippen LogP contribution >= 0.6 is 11.6 Å². The molecule has 2 fully saturated rings. The summed E-state index contributed by atoms with van der Waals surface area (Å²) in [7, 11) is -3.43. The molecule has 0 saturated carbocycles. The van der Waals surface area contributed by atoms with Crippen LogP contribution in [-0.4, -0.2) is 53.2 Å². The van der Waals surface area contributed by atoms with Gasteiger partial charge in [0.1, 0.15) is 0 Å². The molecule has 2 saturated heterocycles. The third-order valence-electron chi connectivity index (χ3n) is 5.24. The second-order valence-electron chi connectivity index (χ2n) is 7.48. The fraction of sp³-hybridized carbons (Fsp3) is 0.400. The van der Waals surface area contributed by atoms with E-state index in [1.54, 1.807) is 28.6 Å². The fourth-order valence-electron chi connectivity index (χ4n) is 3.87. The van der Waals surface area contributed by atoms with Crippen molar-refractivity contribution in [3.8, 4) is 0 Å². The lowest BCUT2D eigenvalue weighted by Crippen LogP contribution is -2.64. The van der Waals surface area contributed by atoms with Crippen molar-refractivity contribution >= 4 is 22.0 Å². The SMILES string of the molecule is O=[S+]([O-])(c1ccccc1)N1CC2(COCCN(Cc3ccc(Cl)cc3)C2)C1. The Balaban J connectivity index is 1.43. The first-order chi connectivity index (χ1) is 13.0. The van der Waals surface area contributed by atoms with Gasteiger partial charge in [0.05, 0.1) is 26.3 Å². The van der Waals surface area contributed by atoms with Crippen LogP contribution in [0.4, 0.5) is 0 Å². The molecule has 0 N–H and O–H groups in total. The van der Waals surface area contributed by atoms with Crippen molar-refractivity contribution in [1.82, 2.24) is 9.21 Å². The average molecular weight is 407 g/mol. The molecule has 2 heterocycles. The van der Waals surface area contributed by atoms with Gasteiger partial charge in [-0.15, -0.1) is 4.31 Å². The van der Waals surface area contributed by atoms with Crippen molar-refractivity contribution in [2.24, 2.45) is 5.41 Å². The van der Waals surface area contributed by atoms with Crippen LogP contribution in [0.3, 0.4) is 0 Å². The van der Waals surface area contributed by atoms with E-state index < -0.39 is 10.4 Å². The Morgan fingerprint density at radius 1 is 1.07 bits per heavy atom. The van der Waals surface area contributed by atoms with Gasteiger partial charge in [0, 0.05) is 30.1 Å². The maximum absolute atomic E-state index is 12.8. The standard InChI is InChI=1S/C20H23ClN2O3S/c21-18-8-6-17(7-9-18)12-22-10-11-26-16-20(13-22)14-23(15-20)27(24,25)19-4-2-1-3-5-19/h1-9H,10-16H2. The summed E-state index contributed by atoms with van der Waals surface area (Å²) in [4.78, 5) is 2.70. The molecule has 5 nitrogen and oxygen atoms in total. The Morgan fingerprint density at radius 2 is 1.78 bits per heavy atom. The van der Waals surface area contributed by atoms with Crippen molar-refractivity contribution in [3.05, 3.63) is 65.2 Å². The van der Waals surface area contributed by atoms with E-state index in [1.807, 2.05) is 30.3 Å². The minimum atomic E-state index is -3.43. The Labute approximate surface area is 166 Å². The number of hydrogen-bond donors (Lipinski definition) is 0. The summed E-state index contributed by atoms with van der Waals surface area (Å²) in [6.45, 7) is 4.76. The van der Waals surface area contributed by atoms with Gasteiger partial charge in [0.15, 0.2) is 15.3 Å². The zero-order chi connectivity index (χ0) is 18.9. The first-order valence-corrected chi connectivity index (χ1v) is 10.9. The molecule has 1 spiro atoms. The van der Waals surface area contributed by atoms with E-state index in [-0.39, 0.29) is 5.41 Å². The maximum Gasteiger partial charge on any atom is 0.175 e. The largest absolute Gasteiger partial charge is 0.593 e. The molecule has 1 unspecified atom stereocenters. The topological polar surface area (TPSA) is 55.8 Å². The Kier molecular flexibility index (Phi) is 5.38. The first kappa shape index (κ1) is 19.1. The van der Waals surface area contributed by atoms with Gasteiger partial charge in [-0.3, -0.25) is 4.90 Å². The molecule has 2 aliphatic rings. The van der Waals surface area contributed by atoms with Crippen LogP contribution in [0.15, 0.2) is 59.5 Å². The monoisotopic (exact) mass is 406 g/mol. The van der Waals surface area contributed by atoms with Crippen molar-refractivity contribution in [2.45, 2.75) is 11.4 Å². The zero-order valence-corrected chi connectivity index (χ0v) is 16.6. The van der Waals surface area contributed by atoms with E-state index in [1.165, 1.54) is 5.56 Å². The molecule has 27 heavy (non-hydrogen) atoms. The smallest absolute Gasteiger partial charge is 0.175 e. The van der Waals surface area contributed by atoms with Crippen LogP contribution < -0.4 is 0 Å². The van der Waals surface area contributed by atoms with E-state index in [2.05, 4.69) is 4.90 Å². The van der Waals surface area contributed by atoms with Gasteiger partial charge in [-0.2, -0.15) is 0 Å². The van der Waals surface area contributed by atoms with Crippen molar-refractivity contribution in [1.29, 1.82) is 0 Å². The highest BCUT2D eigenvalue weighted by Crippen LogP contribution is 2.39. The molecule has 2 aromatic rings. The lowest BCUT2D eigenvalue weighted by molar-refractivity contribution is -0.0207. The number of sulfonamides is 1. The molecule has 0 bridgehead atoms. The lowest BCUT2D eigenvalue weighted by Gasteiger charge is -2.49.